The maximum atomic E-state index is 12.1. The van der Waals surface area contributed by atoms with Crippen molar-refractivity contribution >= 4 is 11.7 Å². The van der Waals surface area contributed by atoms with Crippen molar-refractivity contribution in [1.29, 1.82) is 0 Å². The maximum absolute atomic E-state index is 12.1. The second-order valence-electron chi connectivity index (χ2n) is 4.14. The van der Waals surface area contributed by atoms with Crippen LogP contribution in [0.5, 0.6) is 11.5 Å². The highest BCUT2D eigenvalue weighted by Crippen LogP contribution is 2.32. The van der Waals surface area contributed by atoms with Crippen LogP contribution in [0.1, 0.15) is 16.8 Å². The van der Waals surface area contributed by atoms with Crippen LogP contribution in [-0.4, -0.2) is 42.2 Å². The van der Waals surface area contributed by atoms with Gasteiger partial charge in [-0.05, 0) is 18.2 Å². The van der Waals surface area contributed by atoms with E-state index in [1.165, 1.54) is 4.90 Å². The van der Waals surface area contributed by atoms with E-state index in [9.17, 15) is 4.79 Å². The van der Waals surface area contributed by atoms with Crippen LogP contribution in [-0.2, 0) is 0 Å². The molecule has 0 saturated heterocycles. The van der Waals surface area contributed by atoms with Gasteiger partial charge in [0.05, 0.1) is 0 Å². The summed E-state index contributed by atoms with van der Waals surface area (Å²) >= 11 is 0. The van der Waals surface area contributed by atoms with Crippen LogP contribution < -0.4 is 15.2 Å². The van der Waals surface area contributed by atoms with E-state index in [0.717, 1.165) is 0 Å². The predicted octanol–water partition coefficient (Wildman–Crippen LogP) is 0.624. The minimum absolute atomic E-state index is 0.0883. The van der Waals surface area contributed by atoms with E-state index in [0.29, 0.717) is 30.0 Å². The number of rotatable bonds is 4. The number of benzene rings is 1. The lowest BCUT2D eigenvalue weighted by Gasteiger charge is -2.16. The molecule has 3 N–H and O–H groups in total. The molecule has 1 heterocycles. The summed E-state index contributed by atoms with van der Waals surface area (Å²) in [6, 6.07) is 5.02. The number of amidine groups is 1. The van der Waals surface area contributed by atoms with Gasteiger partial charge in [-0.25, -0.2) is 0 Å². The molecule has 19 heavy (non-hydrogen) atoms. The van der Waals surface area contributed by atoms with Crippen LogP contribution in [0.4, 0.5) is 0 Å². The summed E-state index contributed by atoms with van der Waals surface area (Å²) in [4.78, 5) is 13.6. The van der Waals surface area contributed by atoms with Crippen molar-refractivity contribution in [3.05, 3.63) is 23.8 Å². The van der Waals surface area contributed by atoms with Crippen LogP contribution in [0.2, 0.25) is 0 Å². The number of fused-ring (bicyclic) bond motifs is 1. The third-order valence-electron chi connectivity index (χ3n) is 2.80. The number of amides is 1. The lowest BCUT2D eigenvalue weighted by Crippen LogP contribution is -2.30. The number of nitrogens with zero attached hydrogens (tertiary/aromatic N) is 2. The van der Waals surface area contributed by atoms with Crippen LogP contribution in [0, 0.1) is 0 Å². The summed E-state index contributed by atoms with van der Waals surface area (Å²) in [5.74, 6) is 1.13. The molecule has 0 radical (unpaired) electrons. The minimum atomic E-state index is -0.163. The Labute approximate surface area is 110 Å². The molecule has 0 bridgehead atoms. The molecule has 0 spiro atoms. The van der Waals surface area contributed by atoms with Crippen molar-refractivity contribution in [3.63, 3.8) is 0 Å². The Hall–Kier alpha value is -2.44. The van der Waals surface area contributed by atoms with Crippen LogP contribution in [0.3, 0.4) is 0 Å². The number of carbonyl (C=O) groups excluding carboxylic acids is 1. The van der Waals surface area contributed by atoms with Gasteiger partial charge >= 0.3 is 0 Å². The first kappa shape index (κ1) is 13.0. The van der Waals surface area contributed by atoms with E-state index in [4.69, 9.17) is 20.4 Å². The monoisotopic (exact) mass is 265 g/mol. The van der Waals surface area contributed by atoms with Gasteiger partial charge in [-0.15, -0.1) is 0 Å². The van der Waals surface area contributed by atoms with Gasteiger partial charge in [0, 0.05) is 25.6 Å². The van der Waals surface area contributed by atoms with Gasteiger partial charge in [-0.1, -0.05) is 5.16 Å². The predicted molar refractivity (Wildman–Crippen MR) is 67.6 cm³/mol. The average Bonchev–Trinajstić information content (AvgIpc) is 2.90. The molecule has 0 atom stereocenters. The van der Waals surface area contributed by atoms with Crippen molar-refractivity contribution in [2.45, 2.75) is 6.42 Å². The zero-order chi connectivity index (χ0) is 13.8. The lowest BCUT2D eigenvalue weighted by atomic mass is 10.1. The highest BCUT2D eigenvalue weighted by atomic mass is 16.7. The van der Waals surface area contributed by atoms with Crippen LogP contribution in [0.25, 0.3) is 0 Å². The zero-order valence-electron chi connectivity index (χ0n) is 10.5. The fourth-order valence-corrected chi connectivity index (χ4v) is 1.68. The van der Waals surface area contributed by atoms with E-state index in [1.54, 1.807) is 25.2 Å². The Morgan fingerprint density at radius 3 is 2.95 bits per heavy atom. The number of carbonyl (C=O) groups is 1. The minimum Gasteiger partial charge on any atom is -0.454 e. The van der Waals surface area contributed by atoms with E-state index in [-0.39, 0.29) is 18.5 Å². The Balaban J connectivity index is 2.03. The standard InChI is InChI=1S/C12H15N3O4/c1-15(5-4-11(13)14-17)12(16)8-2-3-9-10(6-8)19-7-18-9/h2-3,6,17H,4-5,7H2,1H3,(H2,13,14). The first-order valence-corrected chi connectivity index (χ1v) is 5.73. The molecule has 0 unspecified atom stereocenters. The molecule has 0 aliphatic carbocycles. The molecule has 0 aromatic heterocycles. The van der Waals surface area contributed by atoms with Gasteiger partial charge in [0.15, 0.2) is 11.5 Å². The largest absolute Gasteiger partial charge is 0.454 e. The quantitative estimate of drug-likeness (QED) is 0.360. The molecule has 1 aliphatic rings. The summed E-state index contributed by atoms with van der Waals surface area (Å²) in [5.41, 5.74) is 5.87. The number of ether oxygens (including phenoxy) is 2. The third-order valence-corrected chi connectivity index (χ3v) is 2.80. The van der Waals surface area contributed by atoms with Gasteiger partial charge < -0.3 is 25.3 Å². The van der Waals surface area contributed by atoms with E-state index in [2.05, 4.69) is 5.16 Å². The van der Waals surface area contributed by atoms with Crippen LogP contribution >= 0.6 is 0 Å². The number of nitrogens with two attached hydrogens (primary N) is 1. The van der Waals surface area contributed by atoms with Gasteiger partial charge in [0.2, 0.25) is 6.79 Å². The summed E-state index contributed by atoms with van der Waals surface area (Å²) in [5, 5.41) is 11.3. The second kappa shape index (κ2) is 5.47. The Morgan fingerprint density at radius 2 is 2.21 bits per heavy atom. The van der Waals surface area contributed by atoms with Crippen molar-refractivity contribution < 1.29 is 19.5 Å². The average molecular weight is 265 g/mol. The fourth-order valence-electron chi connectivity index (χ4n) is 1.68. The summed E-state index contributed by atoms with van der Waals surface area (Å²) in [7, 11) is 1.65. The van der Waals surface area contributed by atoms with Crippen molar-refractivity contribution in [3.8, 4) is 11.5 Å². The number of hydrogen-bond acceptors (Lipinski definition) is 5. The molecule has 0 fully saturated rings. The number of oxime groups is 1. The normalized spacial score (nSPS) is 13.4. The highest BCUT2D eigenvalue weighted by molar-refractivity contribution is 5.95. The Bertz CT molecular complexity index is 516. The molecule has 2 rings (SSSR count). The molecule has 1 amide bonds. The Kier molecular flexibility index (Phi) is 3.74. The smallest absolute Gasteiger partial charge is 0.253 e. The molecular weight excluding hydrogens is 250 g/mol. The van der Waals surface area contributed by atoms with E-state index < -0.39 is 0 Å². The van der Waals surface area contributed by atoms with Crippen molar-refractivity contribution in [2.75, 3.05) is 20.4 Å². The molecule has 102 valence electrons. The van der Waals surface area contributed by atoms with Gasteiger partial charge in [-0.2, -0.15) is 0 Å². The van der Waals surface area contributed by atoms with Crippen molar-refractivity contribution in [2.24, 2.45) is 10.9 Å². The van der Waals surface area contributed by atoms with Gasteiger partial charge in [0.25, 0.3) is 5.91 Å². The molecule has 7 heteroatoms. The highest BCUT2D eigenvalue weighted by Gasteiger charge is 2.18. The fraction of sp³-hybridized carbons (Fsp3) is 0.333. The summed E-state index contributed by atoms with van der Waals surface area (Å²) in [6.07, 6.45) is 0.309. The summed E-state index contributed by atoms with van der Waals surface area (Å²) in [6.45, 7) is 0.537. The first-order valence-electron chi connectivity index (χ1n) is 5.73. The van der Waals surface area contributed by atoms with E-state index in [1.807, 2.05) is 0 Å². The van der Waals surface area contributed by atoms with Crippen molar-refractivity contribution in [1.82, 2.24) is 4.90 Å². The van der Waals surface area contributed by atoms with E-state index >= 15 is 0 Å². The molecular formula is C12H15N3O4. The molecule has 7 nitrogen and oxygen atoms in total. The van der Waals surface area contributed by atoms with Gasteiger partial charge in [0.1, 0.15) is 5.84 Å². The SMILES string of the molecule is CN(CC/C(N)=N/O)C(=O)c1ccc2c(c1)OCO2. The second-order valence-corrected chi connectivity index (χ2v) is 4.14. The number of hydrogen-bond donors (Lipinski definition) is 2. The first-order chi connectivity index (χ1) is 9.11. The molecule has 0 saturated carbocycles. The lowest BCUT2D eigenvalue weighted by molar-refractivity contribution is 0.0798. The molecule has 1 aromatic carbocycles. The summed E-state index contributed by atoms with van der Waals surface area (Å²) < 4.78 is 10.4. The third kappa shape index (κ3) is 2.87. The topological polar surface area (TPSA) is 97.4 Å². The van der Waals surface area contributed by atoms with Gasteiger partial charge in [-0.3, -0.25) is 4.79 Å². The maximum Gasteiger partial charge on any atom is 0.253 e. The zero-order valence-corrected chi connectivity index (χ0v) is 10.5. The van der Waals surface area contributed by atoms with Crippen LogP contribution in [0.15, 0.2) is 23.4 Å². The molecule has 1 aromatic rings. The Morgan fingerprint density at radius 1 is 1.47 bits per heavy atom. The molecule has 1 aliphatic heterocycles.